The molecule has 1 aromatic carbocycles. The van der Waals surface area contributed by atoms with Crippen LogP contribution in [0.4, 0.5) is 0 Å². The molecule has 4 nitrogen and oxygen atoms in total. The Bertz CT molecular complexity index is 354. The number of nitrogens with two attached hydrogens (primary N) is 1. The molecule has 0 bridgehead atoms. The van der Waals surface area contributed by atoms with Gasteiger partial charge in [-0.05, 0) is 36.7 Å². The highest BCUT2D eigenvalue weighted by molar-refractivity contribution is 5.38. The van der Waals surface area contributed by atoms with Crippen molar-refractivity contribution in [1.29, 1.82) is 0 Å². The Morgan fingerprint density at radius 3 is 3.00 bits per heavy atom. The van der Waals surface area contributed by atoms with E-state index < -0.39 is 0 Å². The van der Waals surface area contributed by atoms with E-state index >= 15 is 0 Å². The molecule has 0 saturated heterocycles. The predicted octanol–water partition coefficient (Wildman–Crippen LogP) is 0.645. The molecular formula is C11H17N3O. The Kier molecular flexibility index (Phi) is 2.90. The van der Waals surface area contributed by atoms with Crippen molar-refractivity contribution in [3.8, 4) is 5.75 Å². The van der Waals surface area contributed by atoms with Gasteiger partial charge in [-0.1, -0.05) is 6.07 Å². The van der Waals surface area contributed by atoms with Gasteiger partial charge in [0.1, 0.15) is 5.75 Å². The normalized spacial score (nSPS) is 21.1. The van der Waals surface area contributed by atoms with E-state index in [0.29, 0.717) is 0 Å². The molecular weight excluding hydrogens is 190 g/mol. The summed E-state index contributed by atoms with van der Waals surface area (Å²) in [5.41, 5.74) is 5.39. The van der Waals surface area contributed by atoms with Crippen LogP contribution >= 0.6 is 0 Å². The lowest BCUT2D eigenvalue weighted by Gasteiger charge is -2.34. The minimum absolute atomic E-state index is 0.111. The molecule has 1 atom stereocenters. The van der Waals surface area contributed by atoms with E-state index in [-0.39, 0.29) is 6.17 Å². The van der Waals surface area contributed by atoms with Gasteiger partial charge in [0.05, 0.1) is 13.3 Å². The van der Waals surface area contributed by atoms with Crippen LogP contribution < -0.4 is 16.0 Å². The van der Waals surface area contributed by atoms with Crippen LogP contribution in [0, 0.1) is 0 Å². The number of ether oxygens (including phenoxy) is 1. The molecule has 4 heteroatoms. The molecule has 1 aromatic rings. The molecule has 0 fully saturated rings. The molecule has 82 valence electrons. The van der Waals surface area contributed by atoms with Crippen molar-refractivity contribution in [3.05, 3.63) is 29.3 Å². The van der Waals surface area contributed by atoms with Crippen molar-refractivity contribution < 1.29 is 4.74 Å². The van der Waals surface area contributed by atoms with Crippen molar-refractivity contribution >= 4 is 0 Å². The molecule has 15 heavy (non-hydrogen) atoms. The maximum atomic E-state index is 5.56. The van der Waals surface area contributed by atoms with Crippen LogP contribution in [0.25, 0.3) is 0 Å². The summed E-state index contributed by atoms with van der Waals surface area (Å²) in [6, 6.07) is 6.14. The molecule has 0 aliphatic carbocycles. The lowest BCUT2D eigenvalue weighted by molar-refractivity contribution is 0.194. The standard InChI is InChI=1S/C11H17N3O/c1-14-6-5-8-7-9(15-2)3-4-10(8)11(14)13-12/h3-4,7,11,13H,5-6,12H2,1-2H3. The van der Waals surface area contributed by atoms with Crippen molar-refractivity contribution in [1.82, 2.24) is 10.3 Å². The zero-order valence-electron chi connectivity index (χ0n) is 9.16. The Balaban J connectivity index is 2.38. The van der Waals surface area contributed by atoms with Crippen LogP contribution in [0.3, 0.4) is 0 Å². The molecule has 1 unspecified atom stereocenters. The molecule has 1 heterocycles. The number of rotatable bonds is 2. The van der Waals surface area contributed by atoms with Gasteiger partial charge in [0.25, 0.3) is 0 Å². The number of nitrogens with zero attached hydrogens (tertiary/aromatic N) is 1. The minimum Gasteiger partial charge on any atom is -0.497 e. The molecule has 0 aromatic heterocycles. The van der Waals surface area contributed by atoms with E-state index in [4.69, 9.17) is 10.6 Å². The number of hydrazine groups is 1. The van der Waals surface area contributed by atoms with Crippen LogP contribution in [0.5, 0.6) is 5.75 Å². The smallest absolute Gasteiger partial charge is 0.119 e. The number of hydrogen-bond acceptors (Lipinski definition) is 4. The highest BCUT2D eigenvalue weighted by atomic mass is 16.5. The maximum Gasteiger partial charge on any atom is 0.119 e. The van der Waals surface area contributed by atoms with E-state index in [1.54, 1.807) is 7.11 Å². The lowest BCUT2D eigenvalue weighted by Crippen LogP contribution is -2.43. The highest BCUT2D eigenvalue weighted by Gasteiger charge is 2.23. The summed E-state index contributed by atoms with van der Waals surface area (Å²) in [5.74, 6) is 6.47. The van der Waals surface area contributed by atoms with E-state index in [9.17, 15) is 0 Å². The number of likely N-dealkylation sites (N-methyl/N-ethyl adjacent to an activating group) is 1. The van der Waals surface area contributed by atoms with E-state index in [0.717, 1.165) is 18.7 Å². The fraction of sp³-hybridized carbons (Fsp3) is 0.455. The molecule has 1 aliphatic heterocycles. The van der Waals surface area contributed by atoms with E-state index in [2.05, 4.69) is 29.5 Å². The topological polar surface area (TPSA) is 50.5 Å². The van der Waals surface area contributed by atoms with Gasteiger partial charge in [-0.2, -0.15) is 0 Å². The highest BCUT2D eigenvalue weighted by Crippen LogP contribution is 2.28. The van der Waals surface area contributed by atoms with Gasteiger partial charge in [0.2, 0.25) is 0 Å². The van der Waals surface area contributed by atoms with Gasteiger partial charge in [0, 0.05) is 6.54 Å². The molecule has 3 N–H and O–H groups in total. The molecule has 2 rings (SSSR count). The van der Waals surface area contributed by atoms with E-state index in [1.807, 2.05) is 6.07 Å². The Morgan fingerprint density at radius 1 is 1.53 bits per heavy atom. The average Bonchev–Trinajstić information content (AvgIpc) is 2.28. The van der Waals surface area contributed by atoms with Crippen molar-refractivity contribution in [3.63, 3.8) is 0 Å². The molecule has 0 amide bonds. The van der Waals surface area contributed by atoms with Crippen molar-refractivity contribution in [2.45, 2.75) is 12.6 Å². The minimum atomic E-state index is 0.111. The largest absolute Gasteiger partial charge is 0.497 e. The van der Waals surface area contributed by atoms with Crippen molar-refractivity contribution in [2.75, 3.05) is 20.7 Å². The molecule has 0 spiro atoms. The fourth-order valence-electron chi connectivity index (χ4n) is 2.07. The predicted molar refractivity (Wildman–Crippen MR) is 59.4 cm³/mol. The summed E-state index contributed by atoms with van der Waals surface area (Å²) in [6.45, 7) is 1.01. The van der Waals surface area contributed by atoms with Gasteiger partial charge < -0.3 is 4.74 Å². The lowest BCUT2D eigenvalue weighted by atomic mass is 9.97. The summed E-state index contributed by atoms with van der Waals surface area (Å²) in [5, 5.41) is 0. The molecule has 0 radical (unpaired) electrons. The summed E-state index contributed by atoms with van der Waals surface area (Å²) in [6.07, 6.45) is 1.15. The zero-order valence-corrected chi connectivity index (χ0v) is 9.16. The second-order valence-corrected chi connectivity index (χ2v) is 3.86. The maximum absolute atomic E-state index is 5.56. The first-order valence-corrected chi connectivity index (χ1v) is 5.09. The average molecular weight is 207 g/mol. The van der Waals surface area contributed by atoms with Crippen LogP contribution in [0.15, 0.2) is 18.2 Å². The van der Waals surface area contributed by atoms with Gasteiger partial charge in [-0.15, -0.1) is 0 Å². The first kappa shape index (κ1) is 10.4. The number of nitrogens with one attached hydrogen (secondary N) is 1. The second kappa shape index (κ2) is 4.18. The Labute approximate surface area is 90.0 Å². The summed E-state index contributed by atoms with van der Waals surface area (Å²) in [7, 11) is 3.76. The van der Waals surface area contributed by atoms with Crippen LogP contribution in [-0.4, -0.2) is 25.6 Å². The summed E-state index contributed by atoms with van der Waals surface area (Å²) >= 11 is 0. The third-order valence-corrected chi connectivity index (χ3v) is 2.98. The van der Waals surface area contributed by atoms with Gasteiger partial charge in [-0.25, -0.2) is 5.43 Å². The Hall–Kier alpha value is -1.10. The number of hydrogen-bond donors (Lipinski definition) is 2. The first-order valence-electron chi connectivity index (χ1n) is 5.09. The van der Waals surface area contributed by atoms with Gasteiger partial charge in [0.15, 0.2) is 0 Å². The number of benzene rings is 1. The summed E-state index contributed by atoms with van der Waals surface area (Å²) in [4.78, 5) is 2.20. The molecule has 0 saturated carbocycles. The first-order chi connectivity index (χ1) is 7.26. The van der Waals surface area contributed by atoms with Crippen molar-refractivity contribution in [2.24, 2.45) is 5.84 Å². The van der Waals surface area contributed by atoms with Crippen LogP contribution in [-0.2, 0) is 6.42 Å². The number of methoxy groups -OCH3 is 1. The van der Waals surface area contributed by atoms with Crippen LogP contribution in [0.1, 0.15) is 17.3 Å². The third-order valence-electron chi connectivity index (χ3n) is 2.98. The van der Waals surface area contributed by atoms with Crippen LogP contribution in [0.2, 0.25) is 0 Å². The molecule has 1 aliphatic rings. The fourth-order valence-corrected chi connectivity index (χ4v) is 2.07. The monoisotopic (exact) mass is 207 g/mol. The Morgan fingerprint density at radius 2 is 2.33 bits per heavy atom. The summed E-state index contributed by atoms with van der Waals surface area (Å²) < 4.78 is 5.21. The second-order valence-electron chi connectivity index (χ2n) is 3.86. The number of fused-ring (bicyclic) bond motifs is 1. The van der Waals surface area contributed by atoms with Gasteiger partial charge in [-0.3, -0.25) is 10.7 Å². The SMILES string of the molecule is COc1ccc2c(c1)CCN(C)C2NN. The quantitative estimate of drug-likeness (QED) is 0.552. The zero-order chi connectivity index (χ0) is 10.8. The van der Waals surface area contributed by atoms with E-state index in [1.165, 1.54) is 11.1 Å². The van der Waals surface area contributed by atoms with Gasteiger partial charge >= 0.3 is 0 Å². The third kappa shape index (κ3) is 1.84.